The molecule has 1 radical (unpaired) electrons. The Morgan fingerprint density at radius 2 is 2.33 bits per heavy atom. The molecule has 1 rings (SSSR count). The van der Waals surface area contributed by atoms with E-state index in [1.165, 1.54) is 13.2 Å². The summed E-state index contributed by atoms with van der Waals surface area (Å²) in [6.45, 7) is 0.246. The highest BCUT2D eigenvalue weighted by Crippen LogP contribution is 2.20. The van der Waals surface area contributed by atoms with Gasteiger partial charge in [-0.25, -0.2) is 4.39 Å². The third-order valence-corrected chi connectivity index (χ3v) is 1.57. The molecule has 0 aliphatic rings. The highest BCUT2D eigenvalue weighted by Gasteiger charge is 2.05. The van der Waals surface area contributed by atoms with Crippen molar-refractivity contribution >= 4 is 0 Å². The van der Waals surface area contributed by atoms with E-state index >= 15 is 0 Å². The molecule has 2 nitrogen and oxygen atoms in total. The van der Waals surface area contributed by atoms with E-state index in [0.29, 0.717) is 11.3 Å². The number of rotatable bonds is 3. The molecular weight excluding hydrogens is 157 g/mol. The number of benzene rings is 1. The Bertz CT molecular complexity index is 263. The second-order valence-corrected chi connectivity index (χ2v) is 2.30. The van der Waals surface area contributed by atoms with Crippen molar-refractivity contribution in [1.82, 2.24) is 5.32 Å². The van der Waals surface area contributed by atoms with Gasteiger partial charge < -0.3 is 10.1 Å². The molecule has 0 fully saturated rings. The fourth-order valence-electron chi connectivity index (χ4n) is 0.995. The molecule has 0 amide bonds. The Morgan fingerprint density at radius 3 is 2.92 bits per heavy atom. The monoisotopic (exact) mass is 167 g/mol. The predicted molar refractivity (Wildman–Crippen MR) is 44.1 cm³/mol. The summed E-state index contributed by atoms with van der Waals surface area (Å²) >= 11 is 0. The molecule has 0 N–H and O–H groups in total. The normalized spacial score (nSPS) is 9.92. The van der Waals surface area contributed by atoms with Gasteiger partial charge in [0.15, 0.2) is 0 Å². The Hall–Kier alpha value is -1.09. The van der Waals surface area contributed by atoms with Crippen molar-refractivity contribution in [2.45, 2.75) is 6.54 Å². The van der Waals surface area contributed by atoms with E-state index in [9.17, 15) is 4.39 Å². The van der Waals surface area contributed by atoms with E-state index in [0.717, 1.165) is 0 Å². The quantitative estimate of drug-likeness (QED) is 0.629. The number of ether oxygens (including phenoxy) is 1. The largest absolute Gasteiger partial charge is 0.496 e. The Labute approximate surface area is 71.4 Å². The molecule has 0 aliphatic carbocycles. The Morgan fingerprint density at radius 1 is 1.58 bits per heavy atom. The molecule has 1 aromatic rings. The van der Waals surface area contributed by atoms with Gasteiger partial charge >= 0.3 is 0 Å². The van der Waals surface area contributed by atoms with E-state index < -0.39 is 0 Å². The lowest BCUT2D eigenvalue weighted by Gasteiger charge is -2.09. The molecule has 0 spiro atoms. The molecule has 0 bridgehead atoms. The summed E-state index contributed by atoms with van der Waals surface area (Å²) in [5.74, 6) is 0.212. The first-order valence-electron chi connectivity index (χ1n) is 3.53. The van der Waals surface area contributed by atoms with Gasteiger partial charge in [0, 0.05) is 12.1 Å². The van der Waals surface area contributed by atoms with Crippen LogP contribution in [0.2, 0.25) is 0 Å². The number of hydrogen-bond donors (Lipinski definition) is 0. The summed E-state index contributed by atoms with van der Waals surface area (Å²) in [4.78, 5) is 0. The number of nitrogens with zero attached hydrogens (tertiary/aromatic N) is 1. The summed E-state index contributed by atoms with van der Waals surface area (Å²) < 4.78 is 18.0. The molecule has 0 heterocycles. The first-order chi connectivity index (χ1) is 5.79. The lowest BCUT2D eigenvalue weighted by molar-refractivity contribution is 0.403. The van der Waals surface area contributed by atoms with Crippen LogP contribution in [-0.4, -0.2) is 7.11 Å². The minimum absolute atomic E-state index is 0.246. The average Bonchev–Trinajstić information content (AvgIpc) is 2.09. The maximum Gasteiger partial charge on any atom is 0.131 e. The molecule has 0 aliphatic heterocycles. The maximum absolute atomic E-state index is 13.1. The Balaban J connectivity index is 3.02. The molecule has 65 valence electrons. The number of hydrogen-bond acceptors (Lipinski definition) is 1. The van der Waals surface area contributed by atoms with Crippen molar-refractivity contribution in [3.63, 3.8) is 0 Å². The minimum atomic E-state index is -0.304. The SMILES string of the molecule is [CH2-][N]Cc1c(F)cccc1OC. The van der Waals surface area contributed by atoms with Crippen LogP contribution in [0.4, 0.5) is 4.39 Å². The summed E-state index contributed by atoms with van der Waals surface area (Å²) in [6, 6.07) is 4.67. The van der Waals surface area contributed by atoms with Crippen molar-refractivity contribution in [3.05, 3.63) is 36.6 Å². The van der Waals surface area contributed by atoms with Crippen molar-refractivity contribution in [2.24, 2.45) is 0 Å². The smallest absolute Gasteiger partial charge is 0.131 e. The van der Waals surface area contributed by atoms with Crippen LogP contribution in [0, 0.1) is 12.9 Å². The van der Waals surface area contributed by atoms with Gasteiger partial charge in [0.2, 0.25) is 0 Å². The van der Waals surface area contributed by atoms with Gasteiger partial charge in [-0.2, -0.15) is 0 Å². The number of methoxy groups -OCH3 is 1. The van der Waals surface area contributed by atoms with Gasteiger partial charge in [-0.3, -0.25) is 7.05 Å². The van der Waals surface area contributed by atoms with Crippen molar-refractivity contribution in [1.29, 1.82) is 0 Å². The van der Waals surface area contributed by atoms with Gasteiger partial charge in [0.1, 0.15) is 11.6 Å². The second-order valence-electron chi connectivity index (χ2n) is 2.30. The first kappa shape index (κ1) is 9.00. The van der Waals surface area contributed by atoms with Crippen LogP contribution in [0.5, 0.6) is 5.75 Å². The average molecular weight is 167 g/mol. The van der Waals surface area contributed by atoms with Crippen LogP contribution >= 0.6 is 0 Å². The van der Waals surface area contributed by atoms with E-state index in [1.807, 2.05) is 0 Å². The third kappa shape index (κ3) is 1.74. The zero-order chi connectivity index (χ0) is 8.97. The summed E-state index contributed by atoms with van der Waals surface area (Å²) in [6.07, 6.45) is 0. The molecule has 3 heteroatoms. The third-order valence-electron chi connectivity index (χ3n) is 1.57. The van der Waals surface area contributed by atoms with Gasteiger partial charge in [0.25, 0.3) is 0 Å². The zero-order valence-electron chi connectivity index (χ0n) is 6.88. The first-order valence-corrected chi connectivity index (χ1v) is 3.53. The molecule has 1 aromatic carbocycles. The fraction of sp³-hybridized carbons (Fsp3) is 0.222. The van der Waals surface area contributed by atoms with E-state index in [1.54, 1.807) is 12.1 Å². The summed E-state index contributed by atoms with van der Waals surface area (Å²) in [7, 11) is 4.80. The van der Waals surface area contributed by atoms with Crippen LogP contribution in [0.25, 0.3) is 0 Å². The van der Waals surface area contributed by atoms with Crippen molar-refractivity contribution in [3.8, 4) is 5.75 Å². The highest BCUT2D eigenvalue weighted by molar-refractivity contribution is 5.34. The molecular formula is C9H10FNO-. The van der Waals surface area contributed by atoms with Crippen LogP contribution in [0.15, 0.2) is 18.2 Å². The molecule has 0 unspecified atom stereocenters. The van der Waals surface area contributed by atoms with E-state index in [2.05, 4.69) is 12.4 Å². The minimum Gasteiger partial charge on any atom is -0.496 e. The molecule has 0 atom stereocenters. The molecule has 12 heavy (non-hydrogen) atoms. The van der Waals surface area contributed by atoms with Gasteiger partial charge in [-0.05, 0) is 12.1 Å². The fourth-order valence-corrected chi connectivity index (χ4v) is 0.995. The topological polar surface area (TPSA) is 23.3 Å². The standard InChI is InChI=1S/C9H10FNO/c1-11-6-7-8(10)4-3-5-9(7)12-2/h3-5H,1,6H2,2H3/q-1. The van der Waals surface area contributed by atoms with Crippen LogP contribution in [0.1, 0.15) is 5.56 Å². The van der Waals surface area contributed by atoms with Crippen molar-refractivity contribution < 1.29 is 9.13 Å². The van der Waals surface area contributed by atoms with E-state index in [4.69, 9.17) is 4.74 Å². The van der Waals surface area contributed by atoms with Gasteiger partial charge in [-0.1, -0.05) is 6.07 Å². The van der Waals surface area contributed by atoms with Crippen LogP contribution in [-0.2, 0) is 6.54 Å². The van der Waals surface area contributed by atoms with Gasteiger partial charge in [0.05, 0.1) is 7.11 Å². The van der Waals surface area contributed by atoms with Gasteiger partial charge in [-0.15, -0.1) is 0 Å². The van der Waals surface area contributed by atoms with Crippen molar-refractivity contribution in [2.75, 3.05) is 7.11 Å². The lowest BCUT2D eigenvalue weighted by atomic mass is 10.2. The second kappa shape index (κ2) is 4.07. The van der Waals surface area contributed by atoms with Crippen LogP contribution < -0.4 is 10.1 Å². The zero-order valence-corrected chi connectivity index (χ0v) is 6.88. The maximum atomic E-state index is 13.1. The predicted octanol–water partition coefficient (Wildman–Crippen LogP) is 1.73. The lowest BCUT2D eigenvalue weighted by Crippen LogP contribution is -2.01. The highest BCUT2D eigenvalue weighted by atomic mass is 19.1. The Kier molecular flexibility index (Phi) is 3.05. The summed E-state index contributed by atoms with van der Waals surface area (Å²) in [5, 5.41) is 3.61. The molecule has 0 aromatic heterocycles. The van der Waals surface area contributed by atoms with E-state index in [-0.39, 0.29) is 12.4 Å². The van der Waals surface area contributed by atoms with Crippen LogP contribution in [0.3, 0.4) is 0 Å². The number of halogens is 1. The molecule has 0 saturated carbocycles. The molecule has 0 saturated heterocycles. The summed E-state index contributed by atoms with van der Waals surface area (Å²) in [5.41, 5.74) is 0.454.